The van der Waals surface area contributed by atoms with Crippen molar-refractivity contribution in [2.24, 2.45) is 0 Å². The summed E-state index contributed by atoms with van der Waals surface area (Å²) in [6.07, 6.45) is 1.15. The highest BCUT2D eigenvalue weighted by atomic mass is 16.2. The van der Waals surface area contributed by atoms with Gasteiger partial charge in [0, 0.05) is 26.7 Å². The topological polar surface area (TPSA) is 35.6 Å². The van der Waals surface area contributed by atoms with E-state index in [1.54, 1.807) is 19.0 Å². The normalized spacial score (nSPS) is 23.5. The number of likely N-dealkylation sites (tertiary alicyclic amines) is 1. The number of nitrogens with one attached hydrogen (secondary N) is 1. The lowest BCUT2D eigenvalue weighted by molar-refractivity contribution is -0.127. The zero-order valence-electron chi connectivity index (χ0n) is 8.71. The van der Waals surface area contributed by atoms with Crippen LogP contribution >= 0.6 is 0 Å². The van der Waals surface area contributed by atoms with Crippen LogP contribution in [-0.4, -0.2) is 62.5 Å². The van der Waals surface area contributed by atoms with E-state index in [4.69, 9.17) is 0 Å². The van der Waals surface area contributed by atoms with Crippen LogP contribution in [0.3, 0.4) is 0 Å². The molecule has 0 bridgehead atoms. The molecular weight excluding hydrogens is 166 g/mol. The van der Waals surface area contributed by atoms with Gasteiger partial charge in [-0.1, -0.05) is 0 Å². The van der Waals surface area contributed by atoms with E-state index in [9.17, 15) is 4.79 Å². The summed E-state index contributed by atoms with van der Waals surface area (Å²) < 4.78 is 0. The number of likely N-dealkylation sites (N-methyl/N-ethyl adjacent to an activating group) is 2. The second-order valence-corrected chi connectivity index (χ2v) is 3.92. The maximum Gasteiger partial charge on any atom is 0.236 e. The van der Waals surface area contributed by atoms with Gasteiger partial charge in [0.15, 0.2) is 0 Å². The fourth-order valence-corrected chi connectivity index (χ4v) is 1.49. The molecule has 0 radical (unpaired) electrons. The smallest absolute Gasteiger partial charge is 0.236 e. The predicted octanol–water partition coefficient (Wildman–Crippen LogP) is -0.632. The van der Waals surface area contributed by atoms with E-state index in [1.807, 2.05) is 0 Å². The number of carbonyl (C=O) groups excluding carboxylic acids is 1. The van der Waals surface area contributed by atoms with E-state index in [0.29, 0.717) is 12.6 Å². The molecule has 0 spiro atoms. The summed E-state index contributed by atoms with van der Waals surface area (Å²) in [5.41, 5.74) is 0. The van der Waals surface area contributed by atoms with Gasteiger partial charge in [-0.15, -0.1) is 0 Å². The quantitative estimate of drug-likeness (QED) is 0.636. The summed E-state index contributed by atoms with van der Waals surface area (Å²) in [5.74, 6) is 0.148. The maximum absolute atomic E-state index is 11.2. The van der Waals surface area contributed by atoms with Gasteiger partial charge in [0.2, 0.25) is 5.91 Å². The molecule has 1 aliphatic heterocycles. The molecule has 0 aromatic heterocycles. The van der Waals surface area contributed by atoms with E-state index in [1.165, 1.54) is 0 Å². The molecule has 1 N–H and O–H groups in total. The van der Waals surface area contributed by atoms with Gasteiger partial charge in [0.05, 0.1) is 6.54 Å². The lowest BCUT2D eigenvalue weighted by Crippen LogP contribution is -2.39. The van der Waals surface area contributed by atoms with Gasteiger partial charge < -0.3 is 15.1 Å². The number of hydrogen-bond acceptors (Lipinski definition) is 3. The van der Waals surface area contributed by atoms with Crippen LogP contribution in [0.5, 0.6) is 0 Å². The second kappa shape index (κ2) is 4.58. The lowest BCUT2D eigenvalue weighted by Gasteiger charge is -2.15. The van der Waals surface area contributed by atoms with E-state index >= 15 is 0 Å². The number of hydrogen-bond donors (Lipinski definition) is 1. The first-order valence-electron chi connectivity index (χ1n) is 4.71. The fraction of sp³-hybridized carbons (Fsp3) is 0.889. The summed E-state index contributed by atoms with van der Waals surface area (Å²) in [6.45, 7) is 2.65. The van der Waals surface area contributed by atoms with Crippen molar-refractivity contribution in [3.63, 3.8) is 0 Å². The van der Waals surface area contributed by atoms with Crippen molar-refractivity contribution in [1.82, 2.24) is 15.1 Å². The van der Waals surface area contributed by atoms with E-state index in [2.05, 4.69) is 17.3 Å². The average molecular weight is 185 g/mol. The van der Waals surface area contributed by atoms with Crippen molar-refractivity contribution >= 4 is 5.91 Å². The Morgan fingerprint density at radius 2 is 2.31 bits per heavy atom. The molecule has 1 heterocycles. The highest BCUT2D eigenvalue weighted by Gasteiger charge is 2.19. The number of rotatable bonds is 3. The van der Waals surface area contributed by atoms with Gasteiger partial charge in [-0.2, -0.15) is 0 Å². The zero-order valence-corrected chi connectivity index (χ0v) is 8.71. The van der Waals surface area contributed by atoms with Crippen LogP contribution in [0.25, 0.3) is 0 Å². The van der Waals surface area contributed by atoms with Gasteiger partial charge in [-0.25, -0.2) is 0 Å². The Kier molecular flexibility index (Phi) is 3.69. The summed E-state index contributed by atoms with van der Waals surface area (Å²) in [4.78, 5) is 15.1. The molecule has 76 valence electrons. The zero-order chi connectivity index (χ0) is 9.84. The second-order valence-electron chi connectivity index (χ2n) is 3.92. The standard InChI is InChI=1S/C9H19N3O/c1-11(2)9(13)6-10-8-4-5-12(3)7-8/h8,10H,4-7H2,1-3H3. The third kappa shape index (κ3) is 3.32. The monoisotopic (exact) mass is 185 g/mol. The van der Waals surface area contributed by atoms with E-state index < -0.39 is 0 Å². The van der Waals surface area contributed by atoms with Crippen molar-refractivity contribution in [3.05, 3.63) is 0 Å². The summed E-state index contributed by atoms with van der Waals surface area (Å²) >= 11 is 0. The van der Waals surface area contributed by atoms with Crippen LogP contribution in [0.1, 0.15) is 6.42 Å². The summed E-state index contributed by atoms with van der Waals surface area (Å²) in [5, 5.41) is 3.26. The maximum atomic E-state index is 11.2. The van der Waals surface area contributed by atoms with Crippen LogP contribution in [0.4, 0.5) is 0 Å². The van der Waals surface area contributed by atoms with Gasteiger partial charge >= 0.3 is 0 Å². The van der Waals surface area contributed by atoms with Crippen LogP contribution in [0.15, 0.2) is 0 Å². The Balaban J connectivity index is 2.16. The van der Waals surface area contributed by atoms with Gasteiger partial charge in [-0.3, -0.25) is 4.79 Å². The summed E-state index contributed by atoms with van der Waals surface area (Å²) in [7, 11) is 5.67. The molecule has 1 amide bonds. The highest BCUT2D eigenvalue weighted by molar-refractivity contribution is 5.77. The first kappa shape index (κ1) is 10.5. The van der Waals surface area contributed by atoms with Gasteiger partial charge in [0.1, 0.15) is 0 Å². The predicted molar refractivity (Wildman–Crippen MR) is 52.6 cm³/mol. The molecule has 0 saturated carbocycles. The van der Waals surface area contributed by atoms with Gasteiger partial charge in [0.25, 0.3) is 0 Å². The lowest BCUT2D eigenvalue weighted by atomic mass is 10.2. The van der Waals surface area contributed by atoms with Crippen LogP contribution in [0.2, 0.25) is 0 Å². The molecule has 4 nitrogen and oxygen atoms in total. The average Bonchev–Trinajstić information content (AvgIpc) is 2.47. The van der Waals surface area contributed by atoms with Crippen LogP contribution < -0.4 is 5.32 Å². The Labute approximate surface area is 79.9 Å². The SMILES string of the molecule is CN1CCC(NCC(=O)N(C)C)C1. The molecule has 1 fully saturated rings. The Morgan fingerprint density at radius 1 is 1.62 bits per heavy atom. The third-order valence-electron chi connectivity index (χ3n) is 2.43. The molecule has 1 saturated heterocycles. The number of amides is 1. The van der Waals surface area contributed by atoms with Crippen molar-refractivity contribution in [1.29, 1.82) is 0 Å². The van der Waals surface area contributed by atoms with E-state index in [-0.39, 0.29) is 5.91 Å². The number of carbonyl (C=O) groups is 1. The van der Waals surface area contributed by atoms with Crippen LogP contribution in [-0.2, 0) is 4.79 Å². The minimum absolute atomic E-state index is 0.148. The first-order chi connectivity index (χ1) is 6.09. The fourth-order valence-electron chi connectivity index (χ4n) is 1.49. The van der Waals surface area contributed by atoms with Gasteiger partial charge in [-0.05, 0) is 20.0 Å². The molecule has 0 aromatic carbocycles. The minimum atomic E-state index is 0.148. The minimum Gasteiger partial charge on any atom is -0.348 e. The highest BCUT2D eigenvalue weighted by Crippen LogP contribution is 2.05. The molecule has 1 atom stereocenters. The number of nitrogens with zero attached hydrogens (tertiary/aromatic N) is 2. The van der Waals surface area contributed by atoms with Crippen LogP contribution in [0, 0.1) is 0 Å². The summed E-state index contributed by atoms with van der Waals surface area (Å²) in [6, 6.07) is 0.494. The van der Waals surface area contributed by atoms with Crippen molar-refractivity contribution in [2.45, 2.75) is 12.5 Å². The first-order valence-corrected chi connectivity index (χ1v) is 4.71. The third-order valence-corrected chi connectivity index (χ3v) is 2.43. The van der Waals surface area contributed by atoms with Crippen molar-refractivity contribution in [3.8, 4) is 0 Å². The van der Waals surface area contributed by atoms with Crippen molar-refractivity contribution < 1.29 is 4.79 Å². The Morgan fingerprint density at radius 3 is 2.77 bits per heavy atom. The Bertz CT molecular complexity index is 182. The molecule has 0 aromatic rings. The van der Waals surface area contributed by atoms with E-state index in [0.717, 1.165) is 19.5 Å². The molecule has 0 aliphatic carbocycles. The molecule has 1 aliphatic rings. The molecule has 13 heavy (non-hydrogen) atoms. The molecule has 4 heteroatoms. The largest absolute Gasteiger partial charge is 0.348 e. The molecular formula is C9H19N3O. The Hall–Kier alpha value is -0.610. The molecule has 1 unspecified atom stereocenters. The van der Waals surface area contributed by atoms with Crippen molar-refractivity contribution in [2.75, 3.05) is 40.8 Å². The molecule has 1 rings (SSSR count).